The maximum atomic E-state index is 11.0. The second kappa shape index (κ2) is 3.87. The van der Waals surface area contributed by atoms with Gasteiger partial charge in [-0.1, -0.05) is 0 Å². The largest absolute Gasteiger partial charge is 0.481 e. The van der Waals surface area contributed by atoms with E-state index >= 15 is 0 Å². The van der Waals surface area contributed by atoms with Crippen LogP contribution >= 0.6 is 0 Å². The third kappa shape index (κ3) is 1.60. The van der Waals surface area contributed by atoms with Crippen molar-refractivity contribution in [2.75, 3.05) is 0 Å². The molecule has 88 valence electrons. The van der Waals surface area contributed by atoms with E-state index in [9.17, 15) is 4.79 Å². The summed E-state index contributed by atoms with van der Waals surface area (Å²) in [7, 11) is 0. The third-order valence-electron chi connectivity index (χ3n) is 3.46. The number of aromatic nitrogens is 2. The summed E-state index contributed by atoms with van der Waals surface area (Å²) in [5, 5.41) is 10.1. The number of carbonyl (C=O) groups is 1. The maximum absolute atomic E-state index is 11.0. The number of aryl methyl sites for hydroxylation is 1. The minimum Gasteiger partial charge on any atom is -0.481 e. The van der Waals surface area contributed by atoms with E-state index in [0.29, 0.717) is 0 Å². The van der Waals surface area contributed by atoms with Crippen LogP contribution in [0, 0.1) is 0 Å². The molecule has 3 heterocycles. The first kappa shape index (κ1) is 10.3. The number of aliphatic carboxylic acids is 1. The van der Waals surface area contributed by atoms with Crippen LogP contribution in [0.2, 0.25) is 0 Å². The van der Waals surface area contributed by atoms with Gasteiger partial charge in [-0.3, -0.25) is 9.78 Å². The molecule has 0 bridgehead atoms. The Balaban J connectivity index is 2.27. The minimum absolute atomic E-state index is 0.114. The molecule has 0 saturated carbocycles. The van der Waals surface area contributed by atoms with Crippen LogP contribution in [0.1, 0.15) is 24.1 Å². The lowest BCUT2D eigenvalue weighted by Crippen LogP contribution is -2.12. The molecule has 1 N–H and O–H groups in total. The monoisotopic (exact) mass is 230 g/mol. The van der Waals surface area contributed by atoms with Gasteiger partial charge in [-0.25, -0.2) is 0 Å². The van der Waals surface area contributed by atoms with Crippen LogP contribution in [0.15, 0.2) is 18.5 Å². The first-order valence-electron chi connectivity index (χ1n) is 5.93. The quantitative estimate of drug-likeness (QED) is 0.858. The van der Waals surface area contributed by atoms with Crippen molar-refractivity contribution >= 4 is 16.9 Å². The Bertz CT molecular complexity index is 586. The molecule has 0 aromatic carbocycles. The van der Waals surface area contributed by atoms with Crippen molar-refractivity contribution in [3.8, 4) is 0 Å². The van der Waals surface area contributed by atoms with Gasteiger partial charge in [-0.2, -0.15) is 0 Å². The molecule has 0 radical (unpaired) electrons. The zero-order chi connectivity index (χ0) is 11.8. The summed E-state index contributed by atoms with van der Waals surface area (Å²) in [6.07, 6.45) is 6.99. The number of carboxylic acid groups (broad SMARTS) is 1. The van der Waals surface area contributed by atoms with Crippen molar-refractivity contribution < 1.29 is 9.90 Å². The van der Waals surface area contributed by atoms with Gasteiger partial charge in [-0.05, 0) is 30.9 Å². The van der Waals surface area contributed by atoms with Crippen molar-refractivity contribution in [3.05, 3.63) is 29.7 Å². The van der Waals surface area contributed by atoms with E-state index in [2.05, 4.69) is 9.55 Å². The van der Waals surface area contributed by atoms with Crippen LogP contribution in [0.3, 0.4) is 0 Å². The van der Waals surface area contributed by atoms with E-state index in [-0.39, 0.29) is 6.42 Å². The van der Waals surface area contributed by atoms with Gasteiger partial charge in [0, 0.05) is 23.8 Å². The van der Waals surface area contributed by atoms with Crippen molar-refractivity contribution in [2.24, 2.45) is 0 Å². The molecule has 0 atom stereocenters. The molecular weight excluding hydrogens is 216 g/mol. The lowest BCUT2D eigenvalue weighted by Gasteiger charge is -2.16. The highest BCUT2D eigenvalue weighted by Gasteiger charge is 2.20. The molecular formula is C13H14N2O2. The zero-order valence-electron chi connectivity index (χ0n) is 9.52. The summed E-state index contributed by atoms with van der Waals surface area (Å²) in [4.78, 5) is 15.1. The lowest BCUT2D eigenvalue weighted by atomic mass is 10.0. The number of carboxylic acids is 1. The highest BCUT2D eigenvalue weighted by molar-refractivity contribution is 5.88. The van der Waals surface area contributed by atoms with Gasteiger partial charge in [-0.15, -0.1) is 0 Å². The predicted molar refractivity (Wildman–Crippen MR) is 64.0 cm³/mol. The van der Waals surface area contributed by atoms with Crippen LogP contribution in [0.25, 0.3) is 10.9 Å². The van der Waals surface area contributed by atoms with E-state index in [4.69, 9.17) is 5.11 Å². The maximum Gasteiger partial charge on any atom is 0.307 e. The Morgan fingerprint density at radius 2 is 2.35 bits per heavy atom. The summed E-state index contributed by atoms with van der Waals surface area (Å²) in [6.45, 7) is 0.983. The first-order valence-corrected chi connectivity index (χ1v) is 5.93. The predicted octanol–water partition coefficient (Wildman–Crippen LogP) is 2.00. The van der Waals surface area contributed by atoms with Gasteiger partial charge >= 0.3 is 5.97 Å². The lowest BCUT2D eigenvalue weighted by molar-refractivity contribution is -0.136. The average Bonchev–Trinajstić information content (AvgIpc) is 2.65. The average molecular weight is 230 g/mol. The van der Waals surface area contributed by atoms with Gasteiger partial charge in [0.2, 0.25) is 0 Å². The van der Waals surface area contributed by atoms with Crippen LogP contribution in [0.5, 0.6) is 0 Å². The van der Waals surface area contributed by atoms with Gasteiger partial charge in [0.05, 0.1) is 18.1 Å². The van der Waals surface area contributed by atoms with Crippen molar-refractivity contribution in [2.45, 2.75) is 32.2 Å². The van der Waals surface area contributed by atoms with E-state index in [0.717, 1.165) is 42.3 Å². The molecule has 0 aliphatic carbocycles. The molecule has 0 amide bonds. The third-order valence-corrected chi connectivity index (χ3v) is 3.46. The SMILES string of the molecule is O=C(O)Cc1c2n(c3cnccc13)CCCC2. The highest BCUT2D eigenvalue weighted by atomic mass is 16.4. The molecule has 0 fully saturated rings. The Hall–Kier alpha value is -1.84. The fourth-order valence-corrected chi connectivity index (χ4v) is 2.77. The van der Waals surface area contributed by atoms with E-state index in [1.165, 1.54) is 5.69 Å². The summed E-state index contributed by atoms with van der Waals surface area (Å²) >= 11 is 0. The molecule has 2 aromatic heterocycles. The van der Waals surface area contributed by atoms with Crippen molar-refractivity contribution in [1.29, 1.82) is 0 Å². The summed E-state index contributed by atoms with van der Waals surface area (Å²) in [5.41, 5.74) is 3.26. The van der Waals surface area contributed by atoms with E-state index in [1.54, 1.807) is 6.20 Å². The second-order valence-corrected chi connectivity index (χ2v) is 4.50. The number of hydrogen-bond donors (Lipinski definition) is 1. The molecule has 17 heavy (non-hydrogen) atoms. The zero-order valence-corrected chi connectivity index (χ0v) is 9.52. The number of rotatable bonds is 2. The molecule has 0 unspecified atom stereocenters. The second-order valence-electron chi connectivity index (χ2n) is 4.50. The molecule has 2 aromatic rings. The number of pyridine rings is 1. The Labute approximate surface area is 98.9 Å². The summed E-state index contributed by atoms with van der Waals surface area (Å²) in [5.74, 6) is -0.761. The van der Waals surface area contributed by atoms with Crippen LogP contribution in [0.4, 0.5) is 0 Å². The fourth-order valence-electron chi connectivity index (χ4n) is 2.77. The van der Waals surface area contributed by atoms with E-state index in [1.807, 2.05) is 12.3 Å². The fraction of sp³-hybridized carbons (Fsp3) is 0.385. The molecule has 4 heteroatoms. The van der Waals surface area contributed by atoms with Gasteiger partial charge < -0.3 is 9.67 Å². The van der Waals surface area contributed by atoms with Crippen LogP contribution in [-0.2, 0) is 24.2 Å². The van der Waals surface area contributed by atoms with Crippen molar-refractivity contribution in [3.63, 3.8) is 0 Å². The molecule has 0 spiro atoms. The molecule has 3 rings (SSSR count). The first-order chi connectivity index (χ1) is 8.27. The number of nitrogens with zero attached hydrogens (tertiary/aromatic N) is 2. The van der Waals surface area contributed by atoms with Crippen LogP contribution in [-0.4, -0.2) is 20.6 Å². The van der Waals surface area contributed by atoms with Gasteiger partial charge in [0.1, 0.15) is 0 Å². The Morgan fingerprint density at radius 3 is 3.18 bits per heavy atom. The number of fused-ring (bicyclic) bond motifs is 3. The van der Waals surface area contributed by atoms with Gasteiger partial charge in [0.25, 0.3) is 0 Å². The van der Waals surface area contributed by atoms with Gasteiger partial charge in [0.15, 0.2) is 0 Å². The van der Waals surface area contributed by atoms with Crippen LogP contribution < -0.4 is 0 Å². The minimum atomic E-state index is -0.761. The smallest absolute Gasteiger partial charge is 0.307 e. The number of hydrogen-bond acceptors (Lipinski definition) is 2. The molecule has 0 saturated heterocycles. The standard InChI is InChI=1S/C13H14N2O2/c16-13(17)7-10-9-4-5-14-8-12(9)15-6-2-1-3-11(10)15/h4-5,8H,1-3,6-7H2,(H,16,17). The summed E-state index contributed by atoms with van der Waals surface area (Å²) < 4.78 is 2.24. The highest BCUT2D eigenvalue weighted by Crippen LogP contribution is 2.30. The summed E-state index contributed by atoms with van der Waals surface area (Å²) in [6, 6.07) is 1.93. The van der Waals surface area contributed by atoms with Crippen molar-refractivity contribution in [1.82, 2.24) is 9.55 Å². The Morgan fingerprint density at radius 1 is 1.47 bits per heavy atom. The molecule has 4 nitrogen and oxygen atoms in total. The van der Waals surface area contributed by atoms with E-state index < -0.39 is 5.97 Å². The Kier molecular flexibility index (Phi) is 2.35. The normalized spacial score (nSPS) is 14.8. The molecule has 1 aliphatic rings. The topological polar surface area (TPSA) is 55.1 Å². The molecule has 1 aliphatic heterocycles.